The predicted molar refractivity (Wildman–Crippen MR) is 150 cm³/mol. The van der Waals surface area contributed by atoms with Gasteiger partial charge in [0.1, 0.15) is 6.73 Å². The van der Waals surface area contributed by atoms with Crippen LogP contribution in [0.25, 0.3) is 10.9 Å². The second-order valence-electron chi connectivity index (χ2n) is 11.9. The topological polar surface area (TPSA) is 76.8 Å². The Labute approximate surface area is 233 Å². The third-order valence-electron chi connectivity index (χ3n) is 7.66. The number of fused-ring (bicyclic) bond motifs is 1. The van der Waals surface area contributed by atoms with Gasteiger partial charge in [-0.3, -0.25) is 0 Å². The number of hydrogen-bond acceptors (Lipinski definition) is 4. The molecule has 1 atom stereocenters. The van der Waals surface area contributed by atoms with Crippen LogP contribution in [0.3, 0.4) is 0 Å². The minimum absolute atomic E-state index is 0.159. The molecule has 218 valence electrons. The van der Waals surface area contributed by atoms with Gasteiger partial charge in [0.15, 0.2) is 0 Å². The van der Waals surface area contributed by atoms with Gasteiger partial charge in [-0.25, -0.2) is 9.48 Å². The van der Waals surface area contributed by atoms with E-state index in [4.69, 9.17) is 9.47 Å². The summed E-state index contributed by atoms with van der Waals surface area (Å²) in [5, 5.41) is 14.4. The molecule has 4 rings (SSSR count). The Kier molecular flexibility index (Phi) is 8.96. The molecular weight excluding hydrogens is 539 g/mol. The molecule has 1 saturated heterocycles. The van der Waals surface area contributed by atoms with Gasteiger partial charge in [-0.15, -0.1) is 0 Å². The van der Waals surface area contributed by atoms with Gasteiger partial charge in [0, 0.05) is 50.3 Å². The number of benzene rings is 2. The first-order chi connectivity index (χ1) is 18.8. The molecule has 0 bridgehead atoms. The van der Waals surface area contributed by atoms with Gasteiger partial charge in [0.2, 0.25) is 0 Å². The molecule has 0 spiro atoms. The van der Waals surface area contributed by atoms with E-state index in [0.717, 1.165) is 23.7 Å². The lowest BCUT2D eigenvalue weighted by Gasteiger charge is -2.41. The van der Waals surface area contributed by atoms with Crippen LogP contribution >= 0.6 is 0 Å². The molecule has 1 aromatic heterocycles. The van der Waals surface area contributed by atoms with Crippen molar-refractivity contribution in [3.63, 3.8) is 0 Å². The molecule has 7 nitrogen and oxygen atoms in total. The van der Waals surface area contributed by atoms with E-state index in [1.54, 1.807) is 17.8 Å². The minimum atomic E-state index is -4.52. The molecule has 40 heavy (non-hydrogen) atoms. The Morgan fingerprint density at radius 1 is 1.15 bits per heavy atom. The van der Waals surface area contributed by atoms with E-state index in [-0.39, 0.29) is 13.3 Å². The van der Waals surface area contributed by atoms with E-state index >= 15 is 0 Å². The van der Waals surface area contributed by atoms with E-state index in [1.807, 2.05) is 30.3 Å². The first-order valence-electron chi connectivity index (χ1n) is 13.6. The molecule has 2 heterocycles. The van der Waals surface area contributed by atoms with Crippen molar-refractivity contribution in [3.05, 3.63) is 65.4 Å². The van der Waals surface area contributed by atoms with Crippen LogP contribution in [0, 0.1) is 0 Å². The smallest absolute Gasteiger partial charge is 0.416 e. The fourth-order valence-electron chi connectivity index (χ4n) is 5.10. The Balaban J connectivity index is 1.58. The number of hydrogen-bond donors (Lipinski definition) is 1. The van der Waals surface area contributed by atoms with Crippen LogP contribution in [0.2, 0.25) is 25.7 Å². The molecule has 1 fully saturated rings. The molecule has 0 aliphatic carbocycles. The number of nitrogens with zero attached hydrogens (tertiary/aromatic N) is 3. The normalized spacial score (nSPS) is 16.8. The molecule has 2 aromatic carbocycles. The van der Waals surface area contributed by atoms with Gasteiger partial charge in [0.25, 0.3) is 0 Å². The van der Waals surface area contributed by atoms with Crippen molar-refractivity contribution in [2.45, 2.75) is 69.9 Å². The summed E-state index contributed by atoms with van der Waals surface area (Å²) in [6.07, 6.45) is -3.47. The van der Waals surface area contributed by atoms with Crippen molar-refractivity contribution in [2.75, 3.05) is 26.3 Å². The highest BCUT2D eigenvalue weighted by atomic mass is 28.3. The number of alkyl halides is 3. The summed E-state index contributed by atoms with van der Waals surface area (Å²) < 4.78 is 55.2. The number of carboxylic acid groups (broad SMARTS) is 1. The lowest BCUT2D eigenvalue weighted by Crippen LogP contribution is -2.47. The van der Waals surface area contributed by atoms with Crippen LogP contribution in [-0.4, -0.2) is 60.3 Å². The van der Waals surface area contributed by atoms with Crippen LogP contribution < -0.4 is 0 Å². The minimum Gasteiger partial charge on any atom is -0.465 e. The van der Waals surface area contributed by atoms with E-state index in [0.29, 0.717) is 49.0 Å². The number of halogens is 3. The lowest BCUT2D eigenvalue weighted by atomic mass is 9.73. The standard InChI is InChI=1S/C29H38F3N3O4Si/c1-21(39-19-28(23-8-6-5-7-9-23)10-12-34(13-11-28)27(36)37)25-17-24(29(30,31)32)16-22-18-35(33-26(22)25)20-38-14-15-40(2,3)4/h5-9,16-18,21H,10-15,19-20H2,1-4H3,(H,36,37). The maximum Gasteiger partial charge on any atom is 0.416 e. The van der Waals surface area contributed by atoms with Crippen molar-refractivity contribution in [2.24, 2.45) is 0 Å². The fourth-order valence-corrected chi connectivity index (χ4v) is 5.85. The Hall–Kier alpha value is -2.89. The first kappa shape index (κ1) is 30.1. The highest BCUT2D eigenvalue weighted by Crippen LogP contribution is 2.39. The van der Waals surface area contributed by atoms with Gasteiger partial charge in [-0.05, 0) is 43.5 Å². The van der Waals surface area contributed by atoms with Crippen LogP contribution in [0.5, 0.6) is 0 Å². The average molecular weight is 578 g/mol. The second kappa shape index (κ2) is 11.9. The number of aromatic nitrogens is 2. The van der Waals surface area contributed by atoms with Gasteiger partial charge in [0.05, 0.1) is 23.8 Å². The molecular formula is C29H38F3N3O4Si. The number of carbonyl (C=O) groups is 1. The molecule has 1 unspecified atom stereocenters. The Morgan fingerprint density at radius 2 is 1.82 bits per heavy atom. The third kappa shape index (κ3) is 7.24. The zero-order valence-electron chi connectivity index (χ0n) is 23.5. The first-order valence-corrected chi connectivity index (χ1v) is 17.3. The van der Waals surface area contributed by atoms with Crippen LogP contribution in [0.15, 0.2) is 48.7 Å². The van der Waals surface area contributed by atoms with Crippen molar-refractivity contribution >= 4 is 25.1 Å². The summed E-state index contributed by atoms with van der Waals surface area (Å²) in [5.74, 6) is 0. The number of likely N-dealkylation sites (tertiary alicyclic amines) is 1. The Morgan fingerprint density at radius 3 is 2.42 bits per heavy atom. The summed E-state index contributed by atoms with van der Waals surface area (Å²) in [4.78, 5) is 12.9. The predicted octanol–water partition coefficient (Wildman–Crippen LogP) is 7.16. The monoisotopic (exact) mass is 577 g/mol. The zero-order chi connectivity index (χ0) is 29.1. The SMILES string of the molecule is CC(OCC1(c2ccccc2)CCN(C(=O)O)CC1)c1cc(C(F)(F)F)cc2cn(COCC[Si](C)(C)C)nc12. The fraction of sp³-hybridized carbons (Fsp3) is 0.517. The van der Waals surface area contributed by atoms with Crippen molar-refractivity contribution in [3.8, 4) is 0 Å². The van der Waals surface area contributed by atoms with Crippen molar-refractivity contribution in [1.82, 2.24) is 14.7 Å². The second-order valence-corrected chi connectivity index (χ2v) is 17.5. The highest BCUT2D eigenvalue weighted by Gasteiger charge is 2.39. The molecule has 3 aromatic rings. The molecule has 1 amide bonds. The number of amides is 1. The van der Waals surface area contributed by atoms with E-state index < -0.39 is 37.4 Å². The summed E-state index contributed by atoms with van der Waals surface area (Å²) in [7, 11) is -1.27. The number of ether oxygens (including phenoxy) is 2. The summed E-state index contributed by atoms with van der Waals surface area (Å²) >= 11 is 0. The maximum atomic E-state index is 13.8. The number of piperidine rings is 1. The van der Waals surface area contributed by atoms with E-state index in [1.165, 1.54) is 4.90 Å². The van der Waals surface area contributed by atoms with E-state index in [9.17, 15) is 23.1 Å². The quantitative estimate of drug-likeness (QED) is 0.204. The zero-order valence-corrected chi connectivity index (χ0v) is 24.5. The summed E-state index contributed by atoms with van der Waals surface area (Å²) in [6.45, 7) is 10.2. The Bertz CT molecular complexity index is 1300. The van der Waals surface area contributed by atoms with Crippen LogP contribution in [0.1, 0.15) is 42.6 Å². The largest absolute Gasteiger partial charge is 0.465 e. The molecule has 1 aliphatic heterocycles. The molecule has 0 radical (unpaired) electrons. The van der Waals surface area contributed by atoms with Crippen molar-refractivity contribution in [1.29, 1.82) is 0 Å². The molecule has 11 heteroatoms. The third-order valence-corrected chi connectivity index (χ3v) is 9.36. The molecule has 1 aliphatic rings. The number of rotatable bonds is 10. The van der Waals surface area contributed by atoms with Crippen LogP contribution in [0.4, 0.5) is 18.0 Å². The van der Waals surface area contributed by atoms with E-state index in [2.05, 4.69) is 24.7 Å². The average Bonchev–Trinajstić information content (AvgIpc) is 3.32. The van der Waals surface area contributed by atoms with Gasteiger partial charge in [-0.2, -0.15) is 18.3 Å². The van der Waals surface area contributed by atoms with Gasteiger partial charge < -0.3 is 19.5 Å². The maximum absolute atomic E-state index is 13.8. The van der Waals surface area contributed by atoms with Crippen molar-refractivity contribution < 1.29 is 32.5 Å². The lowest BCUT2D eigenvalue weighted by molar-refractivity contribution is -0.137. The summed E-state index contributed by atoms with van der Waals surface area (Å²) in [6, 6.07) is 13.0. The molecule has 0 saturated carbocycles. The van der Waals surface area contributed by atoms with Gasteiger partial charge >= 0.3 is 12.3 Å². The summed E-state index contributed by atoms with van der Waals surface area (Å²) in [5.41, 5.74) is 0.630. The van der Waals surface area contributed by atoms with Gasteiger partial charge in [-0.1, -0.05) is 50.0 Å². The highest BCUT2D eigenvalue weighted by molar-refractivity contribution is 6.76. The van der Waals surface area contributed by atoms with Crippen LogP contribution in [-0.2, 0) is 27.8 Å². The molecule has 1 N–H and O–H groups in total.